The van der Waals surface area contributed by atoms with Crippen molar-refractivity contribution in [2.45, 2.75) is 4.90 Å². The number of rotatable bonds is 0. The average Bonchev–Trinajstić information content (AvgIpc) is 2.99. The van der Waals surface area contributed by atoms with Crippen LogP contribution in [-0.4, -0.2) is 15.3 Å². The summed E-state index contributed by atoms with van der Waals surface area (Å²) in [5.74, 6) is 0. The minimum Gasteiger partial charge on any atom is -0.397 e. The molecule has 0 aliphatic heterocycles. The van der Waals surface area contributed by atoms with E-state index in [4.69, 9.17) is 5.73 Å². The molecule has 6 heteroatoms. The summed E-state index contributed by atoms with van der Waals surface area (Å²) in [6, 6.07) is 15.2. The van der Waals surface area contributed by atoms with E-state index in [9.17, 15) is 0 Å². The van der Waals surface area contributed by atoms with Gasteiger partial charge in [0.25, 0.3) is 0 Å². The summed E-state index contributed by atoms with van der Waals surface area (Å²) >= 11 is 4.15. The first-order valence-electron chi connectivity index (χ1n) is 6.25. The zero-order chi connectivity index (χ0) is 14.7. The second-order valence-corrected chi connectivity index (χ2v) is 4.81. The maximum absolute atomic E-state index is 5.69. The first-order valence-corrected chi connectivity index (χ1v) is 6.70. The van der Waals surface area contributed by atoms with Crippen LogP contribution in [0.1, 0.15) is 0 Å². The summed E-state index contributed by atoms with van der Waals surface area (Å²) in [7, 11) is 0. The van der Waals surface area contributed by atoms with Crippen LogP contribution in [0.5, 0.6) is 0 Å². The van der Waals surface area contributed by atoms with Gasteiger partial charge in [-0.05, 0) is 34.6 Å². The fourth-order valence-electron chi connectivity index (χ4n) is 1.92. The van der Waals surface area contributed by atoms with E-state index in [1.54, 1.807) is 6.20 Å². The maximum Gasteiger partial charge on any atom is 0.148 e. The zero-order valence-electron chi connectivity index (χ0n) is 11.0. The van der Waals surface area contributed by atoms with Crippen LogP contribution in [0.4, 0.5) is 5.69 Å². The van der Waals surface area contributed by atoms with Gasteiger partial charge < -0.3 is 5.73 Å². The molecule has 0 atom stereocenters. The highest BCUT2D eigenvalue weighted by atomic mass is 32.1. The fourth-order valence-corrected chi connectivity index (χ4v) is 2.16. The average molecular weight is 296 g/mol. The second-order valence-electron chi connectivity index (χ2n) is 4.33. The molecule has 0 saturated heterocycles. The van der Waals surface area contributed by atoms with E-state index < -0.39 is 0 Å². The van der Waals surface area contributed by atoms with Gasteiger partial charge in [-0.25, -0.2) is 4.63 Å². The van der Waals surface area contributed by atoms with Crippen molar-refractivity contribution in [3.05, 3.63) is 54.7 Å². The Morgan fingerprint density at radius 1 is 0.905 bits per heavy atom. The third-order valence-corrected chi connectivity index (χ3v) is 3.29. The molecule has 2 heterocycles. The third-order valence-electron chi connectivity index (χ3n) is 2.93. The number of para-hydroxylation sites is 1. The van der Waals surface area contributed by atoms with Gasteiger partial charge in [-0.1, -0.05) is 24.3 Å². The van der Waals surface area contributed by atoms with Gasteiger partial charge in [0.15, 0.2) is 0 Å². The Balaban J connectivity index is 0.000000126. The molecule has 0 unspecified atom stereocenters. The molecule has 104 valence electrons. The van der Waals surface area contributed by atoms with E-state index in [1.807, 2.05) is 48.5 Å². The lowest BCUT2D eigenvalue weighted by atomic mass is 10.2. The van der Waals surface area contributed by atoms with Crippen molar-refractivity contribution in [2.75, 3.05) is 5.73 Å². The van der Waals surface area contributed by atoms with Crippen molar-refractivity contribution in [3.8, 4) is 0 Å². The SMILES string of the molecule is Nc1cccc2cccnc12.Sc1cccc2nonc12. The van der Waals surface area contributed by atoms with Crippen molar-refractivity contribution < 1.29 is 4.63 Å². The largest absolute Gasteiger partial charge is 0.397 e. The standard InChI is InChI=1S/C9H8N2.C6H4N2OS/c10-8-5-1-3-7-4-2-6-11-9(7)8;10-5-3-1-2-4-6(5)8-9-7-4/h1-6H,10H2;1-3,10H. The highest BCUT2D eigenvalue weighted by Crippen LogP contribution is 2.17. The second kappa shape index (κ2) is 5.80. The maximum atomic E-state index is 5.69. The molecule has 21 heavy (non-hydrogen) atoms. The van der Waals surface area contributed by atoms with Crippen molar-refractivity contribution >= 4 is 40.3 Å². The Kier molecular flexibility index (Phi) is 3.70. The Morgan fingerprint density at radius 3 is 2.52 bits per heavy atom. The number of hydrogen-bond donors (Lipinski definition) is 2. The van der Waals surface area contributed by atoms with E-state index in [0.29, 0.717) is 5.52 Å². The number of pyridine rings is 1. The number of aromatic nitrogens is 3. The minimum absolute atomic E-state index is 0.714. The summed E-state index contributed by atoms with van der Waals surface area (Å²) in [5, 5.41) is 8.39. The number of anilines is 1. The first-order chi connectivity index (χ1) is 10.3. The summed E-state index contributed by atoms with van der Waals surface area (Å²) in [6.45, 7) is 0. The topological polar surface area (TPSA) is 77.8 Å². The minimum atomic E-state index is 0.714. The molecule has 2 N–H and O–H groups in total. The molecule has 0 radical (unpaired) electrons. The van der Waals surface area contributed by atoms with Crippen LogP contribution in [0.3, 0.4) is 0 Å². The predicted octanol–water partition coefficient (Wildman–Crippen LogP) is 3.33. The normalized spacial score (nSPS) is 10.3. The number of benzene rings is 2. The first kappa shape index (κ1) is 13.4. The van der Waals surface area contributed by atoms with Gasteiger partial charge in [-0.3, -0.25) is 4.98 Å². The molecule has 0 spiro atoms. The molecule has 2 aromatic carbocycles. The van der Waals surface area contributed by atoms with E-state index >= 15 is 0 Å². The fraction of sp³-hybridized carbons (Fsp3) is 0. The van der Waals surface area contributed by atoms with Crippen molar-refractivity contribution in [2.24, 2.45) is 0 Å². The van der Waals surface area contributed by atoms with E-state index in [0.717, 1.165) is 27.0 Å². The molecule has 0 bridgehead atoms. The molecule has 2 aromatic heterocycles. The number of nitrogens with zero attached hydrogens (tertiary/aromatic N) is 3. The molecular formula is C15H12N4OS. The van der Waals surface area contributed by atoms with Crippen molar-refractivity contribution in [1.29, 1.82) is 0 Å². The molecule has 4 aromatic rings. The highest BCUT2D eigenvalue weighted by molar-refractivity contribution is 7.80. The number of nitrogen functional groups attached to an aromatic ring is 1. The van der Waals surface area contributed by atoms with Gasteiger partial charge in [-0.15, -0.1) is 12.6 Å². The number of thiol groups is 1. The Morgan fingerprint density at radius 2 is 1.71 bits per heavy atom. The van der Waals surface area contributed by atoms with Crippen molar-refractivity contribution in [1.82, 2.24) is 15.3 Å². The lowest BCUT2D eigenvalue weighted by molar-refractivity contribution is 0.315. The van der Waals surface area contributed by atoms with Crippen LogP contribution in [-0.2, 0) is 0 Å². The van der Waals surface area contributed by atoms with Crippen LogP contribution < -0.4 is 5.73 Å². The predicted molar refractivity (Wildman–Crippen MR) is 85.2 cm³/mol. The zero-order valence-corrected chi connectivity index (χ0v) is 11.9. The third kappa shape index (κ3) is 2.80. The number of hydrogen-bond acceptors (Lipinski definition) is 6. The quantitative estimate of drug-likeness (QED) is 0.384. The van der Waals surface area contributed by atoms with Crippen molar-refractivity contribution in [3.63, 3.8) is 0 Å². The molecular weight excluding hydrogens is 284 g/mol. The van der Waals surface area contributed by atoms with Gasteiger partial charge in [0.1, 0.15) is 11.0 Å². The summed E-state index contributed by atoms with van der Waals surface area (Å²) in [4.78, 5) is 4.95. The Bertz CT molecular complexity index is 886. The van der Waals surface area contributed by atoms with Crippen LogP contribution in [0.25, 0.3) is 21.9 Å². The number of nitrogens with two attached hydrogens (primary N) is 1. The molecule has 0 aliphatic carbocycles. The summed E-state index contributed by atoms with van der Waals surface area (Å²) in [5.41, 5.74) is 8.77. The smallest absolute Gasteiger partial charge is 0.148 e. The summed E-state index contributed by atoms with van der Waals surface area (Å²) < 4.78 is 4.50. The van der Waals surface area contributed by atoms with E-state index in [1.165, 1.54) is 0 Å². The molecule has 0 fully saturated rings. The number of fused-ring (bicyclic) bond motifs is 2. The Labute approximate surface area is 126 Å². The molecule has 5 nitrogen and oxygen atoms in total. The summed E-state index contributed by atoms with van der Waals surface area (Å²) in [6.07, 6.45) is 1.75. The van der Waals surface area contributed by atoms with Gasteiger partial charge in [0, 0.05) is 16.5 Å². The lowest BCUT2D eigenvalue weighted by Gasteiger charge is -1.97. The van der Waals surface area contributed by atoms with Crippen LogP contribution in [0.15, 0.2) is 64.3 Å². The Hall–Kier alpha value is -2.60. The molecule has 0 saturated carbocycles. The molecule has 4 rings (SSSR count). The van der Waals surface area contributed by atoms with Crippen LogP contribution in [0.2, 0.25) is 0 Å². The monoisotopic (exact) mass is 296 g/mol. The van der Waals surface area contributed by atoms with Gasteiger partial charge in [0.2, 0.25) is 0 Å². The molecule has 0 aliphatic rings. The molecule has 0 amide bonds. The van der Waals surface area contributed by atoms with E-state index in [2.05, 4.69) is 32.6 Å². The van der Waals surface area contributed by atoms with Crippen LogP contribution in [0, 0.1) is 0 Å². The van der Waals surface area contributed by atoms with Gasteiger partial charge in [-0.2, -0.15) is 0 Å². The van der Waals surface area contributed by atoms with E-state index in [-0.39, 0.29) is 0 Å². The van der Waals surface area contributed by atoms with Crippen LogP contribution >= 0.6 is 12.6 Å². The highest BCUT2D eigenvalue weighted by Gasteiger charge is 2.00. The lowest BCUT2D eigenvalue weighted by Crippen LogP contribution is -1.87. The van der Waals surface area contributed by atoms with Gasteiger partial charge >= 0.3 is 0 Å². The van der Waals surface area contributed by atoms with Gasteiger partial charge in [0.05, 0.1) is 11.2 Å².